The van der Waals surface area contributed by atoms with Crippen LogP contribution in [0.3, 0.4) is 0 Å². The van der Waals surface area contributed by atoms with E-state index in [0.717, 1.165) is 21.2 Å². The van der Waals surface area contributed by atoms with Crippen LogP contribution in [0.1, 0.15) is 17.5 Å². The summed E-state index contributed by atoms with van der Waals surface area (Å²) in [5.41, 5.74) is 2.27. The van der Waals surface area contributed by atoms with Crippen LogP contribution in [0.4, 0.5) is 0 Å². The van der Waals surface area contributed by atoms with Gasteiger partial charge in [0.15, 0.2) is 0 Å². The van der Waals surface area contributed by atoms with Crippen molar-refractivity contribution in [1.82, 2.24) is 15.4 Å². The first-order valence-electron chi connectivity index (χ1n) is 9.58. The Balaban J connectivity index is 1.33. The maximum atomic E-state index is 12.1. The summed E-state index contributed by atoms with van der Waals surface area (Å²) in [5.74, 6) is -0.351. The molecule has 2 amide bonds. The summed E-state index contributed by atoms with van der Waals surface area (Å²) in [6.07, 6.45) is 0.315. The topological polar surface area (TPSA) is 70.2 Å². The molecule has 29 heavy (non-hydrogen) atoms. The van der Waals surface area contributed by atoms with Crippen molar-refractivity contribution >= 4 is 34.5 Å². The van der Waals surface area contributed by atoms with Gasteiger partial charge in [0.1, 0.15) is 0 Å². The Kier molecular flexibility index (Phi) is 7.67. The number of rotatable bonds is 9. The van der Waals surface area contributed by atoms with E-state index in [2.05, 4.69) is 15.4 Å². The molecule has 0 aliphatic heterocycles. The molecule has 3 aromatic rings. The second-order valence-electron chi connectivity index (χ2n) is 6.75. The van der Waals surface area contributed by atoms with E-state index < -0.39 is 0 Å². The monoisotopic (exact) mass is 407 g/mol. The smallest absolute Gasteiger partial charge is 0.239 e. The fourth-order valence-corrected chi connectivity index (χ4v) is 3.52. The molecule has 0 unspecified atom stereocenters. The van der Waals surface area contributed by atoms with Gasteiger partial charge in [-0.2, -0.15) is 0 Å². The molecular weight excluding hydrogens is 382 g/mol. The zero-order valence-corrected chi connectivity index (χ0v) is 17.2. The highest BCUT2D eigenvalue weighted by Gasteiger charge is 2.07. The minimum absolute atomic E-state index is 0.0191. The highest BCUT2D eigenvalue weighted by molar-refractivity contribution is 7.97. The zero-order valence-electron chi connectivity index (χ0n) is 16.4. The van der Waals surface area contributed by atoms with Gasteiger partial charge in [-0.3, -0.25) is 14.3 Å². The fourth-order valence-electron chi connectivity index (χ4n) is 2.88. The van der Waals surface area contributed by atoms with Gasteiger partial charge in [0.25, 0.3) is 0 Å². The van der Waals surface area contributed by atoms with E-state index in [0.29, 0.717) is 19.5 Å². The van der Waals surface area contributed by atoms with Crippen LogP contribution in [-0.2, 0) is 16.1 Å². The number of hydrogen-bond donors (Lipinski definition) is 3. The van der Waals surface area contributed by atoms with Crippen molar-refractivity contribution in [2.45, 2.75) is 24.8 Å². The van der Waals surface area contributed by atoms with Crippen LogP contribution in [0.5, 0.6) is 0 Å². The molecule has 3 N–H and O–H groups in total. The van der Waals surface area contributed by atoms with E-state index in [4.69, 9.17) is 0 Å². The van der Waals surface area contributed by atoms with Gasteiger partial charge in [-0.1, -0.05) is 60.2 Å². The molecule has 0 fully saturated rings. The fraction of sp³-hybridized carbons (Fsp3) is 0.217. The van der Waals surface area contributed by atoms with E-state index in [1.54, 1.807) is 0 Å². The number of carbonyl (C=O) groups is 2. The molecule has 6 heteroatoms. The molecule has 0 spiro atoms. The quantitative estimate of drug-likeness (QED) is 0.375. The molecule has 0 atom stereocenters. The van der Waals surface area contributed by atoms with Crippen molar-refractivity contribution in [1.29, 1.82) is 0 Å². The maximum Gasteiger partial charge on any atom is 0.239 e. The molecule has 0 bridgehead atoms. The summed E-state index contributed by atoms with van der Waals surface area (Å²) in [6.45, 7) is 2.99. The lowest BCUT2D eigenvalue weighted by Gasteiger charge is -2.09. The maximum absolute atomic E-state index is 12.1. The Morgan fingerprint density at radius 3 is 2.45 bits per heavy atom. The van der Waals surface area contributed by atoms with Gasteiger partial charge < -0.3 is 10.6 Å². The number of aryl methyl sites for hydroxylation is 1. The van der Waals surface area contributed by atoms with Crippen molar-refractivity contribution in [3.05, 3.63) is 77.9 Å². The molecule has 5 nitrogen and oxygen atoms in total. The summed E-state index contributed by atoms with van der Waals surface area (Å²) in [5, 5.41) is 7.79. The Labute approximate surface area is 175 Å². The molecule has 0 radical (unpaired) electrons. The van der Waals surface area contributed by atoms with Gasteiger partial charge in [-0.15, -0.1) is 0 Å². The first kappa shape index (κ1) is 20.9. The van der Waals surface area contributed by atoms with Crippen LogP contribution in [0.2, 0.25) is 0 Å². The number of benzene rings is 3. The first-order valence-corrected chi connectivity index (χ1v) is 10.4. The predicted octanol–water partition coefficient (Wildman–Crippen LogP) is 3.57. The van der Waals surface area contributed by atoms with Crippen molar-refractivity contribution in [3.63, 3.8) is 0 Å². The summed E-state index contributed by atoms with van der Waals surface area (Å²) < 4.78 is 3.16. The molecule has 0 aromatic heterocycles. The lowest BCUT2D eigenvalue weighted by Crippen LogP contribution is -2.37. The third kappa shape index (κ3) is 6.62. The van der Waals surface area contributed by atoms with Crippen molar-refractivity contribution in [2.24, 2.45) is 0 Å². The molecule has 0 saturated heterocycles. The van der Waals surface area contributed by atoms with Crippen molar-refractivity contribution in [2.75, 3.05) is 13.1 Å². The van der Waals surface area contributed by atoms with Crippen LogP contribution >= 0.6 is 11.9 Å². The Bertz CT molecular complexity index is 968. The Hall–Kier alpha value is -2.83. The van der Waals surface area contributed by atoms with Crippen LogP contribution in [0.15, 0.2) is 71.6 Å². The van der Waals surface area contributed by atoms with E-state index in [9.17, 15) is 9.59 Å². The van der Waals surface area contributed by atoms with Gasteiger partial charge in [-0.25, -0.2) is 0 Å². The molecular formula is C23H25N3O2S. The van der Waals surface area contributed by atoms with Crippen LogP contribution in [-0.4, -0.2) is 24.9 Å². The molecule has 0 aliphatic rings. The van der Waals surface area contributed by atoms with Crippen molar-refractivity contribution in [3.8, 4) is 0 Å². The van der Waals surface area contributed by atoms with E-state index in [-0.39, 0.29) is 18.4 Å². The van der Waals surface area contributed by atoms with Gasteiger partial charge in [0.05, 0.1) is 6.54 Å². The predicted molar refractivity (Wildman–Crippen MR) is 118 cm³/mol. The molecule has 3 rings (SSSR count). The first-order chi connectivity index (χ1) is 14.1. The lowest BCUT2D eigenvalue weighted by atomic mass is 10.0. The SMILES string of the molecule is Cc1ccc(SNCCC(=O)NCC(=O)NCc2cccc3ccccc23)cc1. The van der Waals surface area contributed by atoms with Crippen molar-refractivity contribution < 1.29 is 9.59 Å². The van der Waals surface area contributed by atoms with E-state index >= 15 is 0 Å². The van der Waals surface area contributed by atoms with Crippen LogP contribution in [0.25, 0.3) is 10.8 Å². The largest absolute Gasteiger partial charge is 0.350 e. The van der Waals surface area contributed by atoms with Crippen LogP contribution < -0.4 is 15.4 Å². The normalized spacial score (nSPS) is 10.7. The number of nitrogens with one attached hydrogen (secondary N) is 3. The van der Waals surface area contributed by atoms with Gasteiger partial charge >= 0.3 is 0 Å². The zero-order chi connectivity index (χ0) is 20.5. The van der Waals surface area contributed by atoms with Gasteiger partial charge in [0, 0.05) is 24.4 Å². The third-order valence-electron chi connectivity index (χ3n) is 4.47. The molecule has 150 valence electrons. The minimum atomic E-state index is -0.201. The summed E-state index contributed by atoms with van der Waals surface area (Å²) in [7, 11) is 0. The Morgan fingerprint density at radius 2 is 1.62 bits per heavy atom. The second kappa shape index (κ2) is 10.6. The summed E-state index contributed by atoms with van der Waals surface area (Å²) >= 11 is 1.49. The summed E-state index contributed by atoms with van der Waals surface area (Å²) in [6, 6.07) is 22.3. The average molecular weight is 408 g/mol. The van der Waals surface area contributed by atoms with Gasteiger partial charge in [-0.05, 0) is 47.3 Å². The minimum Gasteiger partial charge on any atom is -0.350 e. The summed E-state index contributed by atoms with van der Waals surface area (Å²) in [4.78, 5) is 25.1. The molecule has 3 aromatic carbocycles. The highest BCUT2D eigenvalue weighted by Crippen LogP contribution is 2.18. The number of hydrogen-bond acceptors (Lipinski definition) is 4. The standard InChI is InChI=1S/C23H25N3O2S/c1-17-9-11-20(12-10-17)29-26-14-13-22(27)25-16-23(28)24-15-19-7-4-6-18-5-2-3-8-21(18)19/h2-12,26H,13-16H2,1H3,(H,24,28)(H,25,27). The molecule has 0 heterocycles. The Morgan fingerprint density at radius 1 is 0.862 bits per heavy atom. The number of carbonyl (C=O) groups excluding carboxylic acids is 2. The van der Waals surface area contributed by atoms with E-state index in [1.165, 1.54) is 17.5 Å². The molecule has 0 aliphatic carbocycles. The number of fused-ring (bicyclic) bond motifs is 1. The third-order valence-corrected chi connectivity index (χ3v) is 5.32. The highest BCUT2D eigenvalue weighted by atomic mass is 32.2. The molecule has 0 saturated carbocycles. The van der Waals surface area contributed by atoms with Gasteiger partial charge in [0.2, 0.25) is 11.8 Å². The van der Waals surface area contributed by atoms with E-state index in [1.807, 2.05) is 73.7 Å². The second-order valence-corrected chi connectivity index (χ2v) is 7.72. The number of amides is 2. The average Bonchev–Trinajstić information content (AvgIpc) is 2.75. The lowest BCUT2D eigenvalue weighted by molar-refractivity contribution is -0.126. The van der Waals surface area contributed by atoms with Crippen LogP contribution in [0, 0.1) is 6.92 Å².